The number of rotatable bonds is 6. The van der Waals surface area contributed by atoms with Crippen LogP contribution in [0, 0.1) is 0 Å². The first-order valence-electron chi connectivity index (χ1n) is 11.2. The normalized spacial score (nSPS) is 10.8. The van der Waals surface area contributed by atoms with Crippen molar-refractivity contribution in [1.82, 2.24) is 20.1 Å². The molecule has 0 aliphatic heterocycles. The van der Waals surface area contributed by atoms with Gasteiger partial charge in [-0.2, -0.15) is 5.10 Å². The highest BCUT2D eigenvalue weighted by Crippen LogP contribution is 2.27. The summed E-state index contributed by atoms with van der Waals surface area (Å²) in [4.78, 5) is 30.7. The van der Waals surface area contributed by atoms with Gasteiger partial charge >= 0.3 is 0 Å². The standard InChI is InChI=1S/C28H23N5O2/c1-29-27(34)21-14-8-9-15-24(21)32-28(35)22-16-25(20-12-6-3-7-13-20)31-26-23(22)17-30-33(26)18-19-10-4-2-5-11-19/h2-17H,18H2,1H3,(H,29,34)(H,32,35). The lowest BCUT2D eigenvalue weighted by Gasteiger charge is -2.12. The predicted molar refractivity (Wildman–Crippen MR) is 136 cm³/mol. The lowest BCUT2D eigenvalue weighted by atomic mass is 10.1. The third kappa shape index (κ3) is 4.52. The van der Waals surface area contributed by atoms with Crippen LogP contribution in [0.5, 0.6) is 0 Å². The topological polar surface area (TPSA) is 88.9 Å². The molecule has 0 atom stereocenters. The fourth-order valence-corrected chi connectivity index (χ4v) is 3.98. The van der Waals surface area contributed by atoms with Crippen LogP contribution in [0.2, 0.25) is 0 Å². The Bertz CT molecular complexity index is 1510. The van der Waals surface area contributed by atoms with Crippen LogP contribution in [0.4, 0.5) is 5.69 Å². The number of carbonyl (C=O) groups is 2. The molecule has 7 heteroatoms. The molecule has 2 amide bonds. The van der Waals surface area contributed by atoms with Gasteiger partial charge in [0.15, 0.2) is 5.65 Å². The highest BCUT2D eigenvalue weighted by atomic mass is 16.2. The van der Waals surface area contributed by atoms with Crippen molar-refractivity contribution < 1.29 is 9.59 Å². The third-order valence-electron chi connectivity index (χ3n) is 5.75. The summed E-state index contributed by atoms with van der Waals surface area (Å²) in [6, 6.07) is 28.4. The number of anilines is 1. The lowest BCUT2D eigenvalue weighted by Crippen LogP contribution is -2.21. The molecule has 0 radical (unpaired) electrons. The van der Waals surface area contributed by atoms with E-state index in [1.54, 1.807) is 48.3 Å². The summed E-state index contributed by atoms with van der Waals surface area (Å²) >= 11 is 0. The highest BCUT2D eigenvalue weighted by Gasteiger charge is 2.19. The average molecular weight is 462 g/mol. The van der Waals surface area contributed by atoms with Crippen LogP contribution in [0.3, 0.4) is 0 Å². The van der Waals surface area contributed by atoms with Crippen molar-refractivity contribution in [2.24, 2.45) is 0 Å². The van der Waals surface area contributed by atoms with Gasteiger partial charge in [0.2, 0.25) is 0 Å². The Labute approximate surface area is 202 Å². The van der Waals surface area contributed by atoms with Crippen molar-refractivity contribution in [2.45, 2.75) is 6.54 Å². The molecule has 2 heterocycles. The number of pyridine rings is 1. The van der Waals surface area contributed by atoms with Gasteiger partial charge in [-0.3, -0.25) is 9.59 Å². The predicted octanol–water partition coefficient (Wildman–Crippen LogP) is 4.76. The third-order valence-corrected chi connectivity index (χ3v) is 5.75. The van der Waals surface area contributed by atoms with Crippen molar-refractivity contribution in [3.63, 3.8) is 0 Å². The molecule has 2 N–H and O–H groups in total. The SMILES string of the molecule is CNC(=O)c1ccccc1NC(=O)c1cc(-c2ccccc2)nc2c1cnn2Cc1ccccc1. The first-order chi connectivity index (χ1) is 17.1. The number of amides is 2. The van der Waals surface area contributed by atoms with E-state index in [9.17, 15) is 9.59 Å². The number of hydrogen-bond donors (Lipinski definition) is 2. The number of nitrogens with zero attached hydrogens (tertiary/aromatic N) is 3. The van der Waals surface area contributed by atoms with E-state index in [1.807, 2.05) is 60.7 Å². The maximum atomic E-state index is 13.5. The zero-order valence-corrected chi connectivity index (χ0v) is 19.1. The molecular weight excluding hydrogens is 438 g/mol. The maximum absolute atomic E-state index is 13.5. The molecule has 3 aromatic carbocycles. The van der Waals surface area contributed by atoms with Crippen molar-refractivity contribution in [2.75, 3.05) is 12.4 Å². The molecular formula is C28H23N5O2. The van der Waals surface area contributed by atoms with Crippen LogP contribution in [0.15, 0.2) is 97.2 Å². The van der Waals surface area contributed by atoms with Gasteiger partial charge in [-0.1, -0.05) is 72.8 Å². The van der Waals surface area contributed by atoms with E-state index in [4.69, 9.17) is 4.98 Å². The molecule has 172 valence electrons. The minimum absolute atomic E-state index is 0.276. The van der Waals surface area contributed by atoms with E-state index in [-0.39, 0.29) is 11.8 Å². The van der Waals surface area contributed by atoms with Gasteiger partial charge in [-0.15, -0.1) is 0 Å². The van der Waals surface area contributed by atoms with Gasteiger partial charge < -0.3 is 10.6 Å². The molecule has 0 aliphatic carbocycles. The summed E-state index contributed by atoms with van der Waals surface area (Å²) in [5.41, 5.74) is 4.49. The maximum Gasteiger partial charge on any atom is 0.256 e. The largest absolute Gasteiger partial charge is 0.355 e. The van der Waals surface area contributed by atoms with Crippen molar-refractivity contribution in [1.29, 1.82) is 0 Å². The Kier molecular flexibility index (Phi) is 6.05. The number of carbonyl (C=O) groups excluding carboxylic acids is 2. The van der Waals surface area contributed by atoms with Crippen LogP contribution in [0.1, 0.15) is 26.3 Å². The summed E-state index contributed by atoms with van der Waals surface area (Å²) in [6.07, 6.45) is 1.67. The van der Waals surface area contributed by atoms with Crippen LogP contribution >= 0.6 is 0 Å². The zero-order chi connectivity index (χ0) is 24.2. The molecule has 0 aliphatic rings. The van der Waals surface area contributed by atoms with Gasteiger partial charge in [0.1, 0.15) is 0 Å². The molecule has 5 aromatic rings. The quantitative estimate of drug-likeness (QED) is 0.382. The minimum Gasteiger partial charge on any atom is -0.355 e. The molecule has 0 spiro atoms. The second-order valence-electron chi connectivity index (χ2n) is 8.03. The van der Waals surface area contributed by atoms with Gasteiger partial charge in [-0.05, 0) is 23.8 Å². The molecule has 0 unspecified atom stereocenters. The Balaban J connectivity index is 1.60. The van der Waals surface area contributed by atoms with Gasteiger partial charge in [-0.25, -0.2) is 9.67 Å². The lowest BCUT2D eigenvalue weighted by molar-refractivity contribution is 0.0964. The molecule has 0 bridgehead atoms. The number of aromatic nitrogens is 3. The summed E-state index contributed by atoms with van der Waals surface area (Å²) in [5, 5.41) is 10.7. The van der Waals surface area contributed by atoms with E-state index in [0.29, 0.717) is 40.1 Å². The van der Waals surface area contributed by atoms with Crippen molar-refractivity contribution >= 4 is 28.5 Å². The van der Waals surface area contributed by atoms with Gasteiger partial charge in [0, 0.05) is 12.6 Å². The minimum atomic E-state index is -0.342. The van der Waals surface area contributed by atoms with E-state index < -0.39 is 0 Å². The first-order valence-corrected chi connectivity index (χ1v) is 11.2. The Morgan fingerprint density at radius 3 is 2.26 bits per heavy atom. The molecule has 0 saturated heterocycles. The summed E-state index contributed by atoms with van der Waals surface area (Å²) in [5.74, 6) is -0.619. The van der Waals surface area contributed by atoms with Crippen LogP contribution in [0.25, 0.3) is 22.3 Å². The van der Waals surface area contributed by atoms with E-state index in [1.165, 1.54) is 0 Å². The molecule has 5 rings (SSSR count). The molecule has 2 aromatic heterocycles. The van der Waals surface area contributed by atoms with Crippen LogP contribution < -0.4 is 10.6 Å². The summed E-state index contributed by atoms with van der Waals surface area (Å²) in [6.45, 7) is 0.524. The summed E-state index contributed by atoms with van der Waals surface area (Å²) in [7, 11) is 1.56. The Morgan fingerprint density at radius 2 is 1.51 bits per heavy atom. The Hall–Kier alpha value is -4.78. The van der Waals surface area contributed by atoms with Gasteiger partial charge in [0.05, 0.1) is 40.6 Å². The van der Waals surface area contributed by atoms with Crippen molar-refractivity contribution in [3.05, 3.63) is 114 Å². The molecule has 0 saturated carbocycles. The van der Waals surface area contributed by atoms with E-state index >= 15 is 0 Å². The van der Waals surface area contributed by atoms with Crippen LogP contribution in [-0.2, 0) is 6.54 Å². The van der Waals surface area contributed by atoms with E-state index in [0.717, 1.165) is 11.1 Å². The zero-order valence-electron chi connectivity index (χ0n) is 19.1. The highest BCUT2D eigenvalue weighted by molar-refractivity contribution is 6.14. The summed E-state index contributed by atoms with van der Waals surface area (Å²) < 4.78 is 1.80. The van der Waals surface area contributed by atoms with Gasteiger partial charge in [0.25, 0.3) is 11.8 Å². The van der Waals surface area contributed by atoms with Crippen LogP contribution in [-0.4, -0.2) is 33.6 Å². The first kappa shape index (κ1) is 22.0. The monoisotopic (exact) mass is 461 g/mol. The molecule has 35 heavy (non-hydrogen) atoms. The molecule has 7 nitrogen and oxygen atoms in total. The Morgan fingerprint density at radius 1 is 0.829 bits per heavy atom. The number of nitrogens with one attached hydrogen (secondary N) is 2. The average Bonchev–Trinajstić information content (AvgIpc) is 3.31. The second kappa shape index (κ2) is 9.61. The van der Waals surface area contributed by atoms with E-state index in [2.05, 4.69) is 15.7 Å². The second-order valence-corrected chi connectivity index (χ2v) is 8.03. The number of benzene rings is 3. The fourth-order valence-electron chi connectivity index (χ4n) is 3.98. The van der Waals surface area contributed by atoms with Crippen molar-refractivity contribution in [3.8, 4) is 11.3 Å². The fraction of sp³-hybridized carbons (Fsp3) is 0.0714. The number of para-hydroxylation sites is 1. The number of fused-ring (bicyclic) bond motifs is 1. The molecule has 0 fully saturated rings. The smallest absolute Gasteiger partial charge is 0.256 e. The number of hydrogen-bond acceptors (Lipinski definition) is 4.